The van der Waals surface area contributed by atoms with Crippen LogP contribution in [-0.4, -0.2) is 51.5 Å². The standard InChI is InChI=1S/C15H20N5O/c21-20-14-8-2-1-7-13(14)19(16-20)15(17-9-3-4-10-17)18-11-5-6-12-18/h1-2,7-8H,3-6,9-12H2/q+1. The van der Waals surface area contributed by atoms with Gasteiger partial charge in [0.05, 0.1) is 31.4 Å². The molecule has 0 amide bonds. The summed E-state index contributed by atoms with van der Waals surface area (Å²) in [4.78, 5) is 3.12. The number of hydrogen-bond acceptors (Lipinski definition) is 2. The van der Waals surface area contributed by atoms with Crippen molar-refractivity contribution >= 4 is 17.0 Å². The fourth-order valence-electron chi connectivity index (χ4n) is 3.43. The van der Waals surface area contributed by atoms with E-state index in [1.54, 1.807) is 0 Å². The second-order valence-corrected chi connectivity index (χ2v) is 5.85. The molecule has 0 saturated carbocycles. The molecule has 0 aliphatic carbocycles. The lowest BCUT2D eigenvalue weighted by atomic mass is 10.3. The monoisotopic (exact) mass is 286 g/mol. The number of fused-ring (bicyclic) bond motifs is 1. The van der Waals surface area contributed by atoms with E-state index in [4.69, 9.17) is 0 Å². The van der Waals surface area contributed by atoms with Gasteiger partial charge in [-0.3, -0.25) is 9.48 Å². The fourth-order valence-corrected chi connectivity index (χ4v) is 3.43. The first kappa shape index (κ1) is 12.6. The van der Waals surface area contributed by atoms with Gasteiger partial charge in [-0.1, -0.05) is 16.8 Å². The zero-order valence-electron chi connectivity index (χ0n) is 12.1. The normalized spacial score (nSPS) is 18.9. The maximum Gasteiger partial charge on any atom is 0.382 e. The molecule has 0 bridgehead atoms. The third-order valence-electron chi connectivity index (χ3n) is 4.45. The summed E-state index contributed by atoms with van der Waals surface area (Å²) in [6.07, 6.45) is 4.86. The maximum absolute atomic E-state index is 12.1. The topological polar surface area (TPSA) is 51.0 Å². The number of rotatable bonds is 0. The van der Waals surface area contributed by atoms with Gasteiger partial charge in [0.15, 0.2) is 11.0 Å². The average molecular weight is 286 g/mol. The molecule has 2 aromatic rings. The quantitative estimate of drug-likeness (QED) is 0.408. The van der Waals surface area contributed by atoms with Gasteiger partial charge in [-0.25, -0.2) is 0 Å². The summed E-state index contributed by atoms with van der Waals surface area (Å²) in [6, 6.07) is 7.65. The van der Waals surface area contributed by atoms with Crippen LogP contribution >= 0.6 is 0 Å². The van der Waals surface area contributed by atoms with Crippen LogP contribution in [0.2, 0.25) is 0 Å². The highest BCUT2D eigenvalue weighted by Crippen LogP contribution is 2.15. The molecule has 2 aliphatic heterocycles. The summed E-state index contributed by atoms with van der Waals surface area (Å²) in [5.74, 6) is 1.09. The molecule has 0 radical (unpaired) electrons. The Bertz CT molecular complexity index is 691. The first-order chi connectivity index (χ1) is 10.3. The van der Waals surface area contributed by atoms with E-state index in [1.165, 1.54) is 25.7 Å². The van der Waals surface area contributed by atoms with Gasteiger partial charge in [0.1, 0.15) is 0 Å². The second kappa shape index (κ2) is 5.02. The smallest absolute Gasteiger partial charge is 0.382 e. The Kier molecular flexibility index (Phi) is 3.02. The first-order valence-corrected chi connectivity index (χ1v) is 7.79. The lowest BCUT2D eigenvalue weighted by molar-refractivity contribution is -0.646. The van der Waals surface area contributed by atoms with E-state index in [2.05, 4.69) is 14.7 Å². The highest BCUT2D eigenvalue weighted by molar-refractivity contribution is 5.87. The van der Waals surface area contributed by atoms with Gasteiger partial charge >= 0.3 is 5.96 Å². The SMILES string of the molecule is [O-][n+]1nn(C(N2CCCC2)=[N+]2CCCC2)c2ccccc21. The average Bonchev–Trinajstić information content (AvgIpc) is 3.24. The minimum Gasteiger partial charge on any atom is -0.691 e. The van der Waals surface area contributed by atoms with Crippen molar-refractivity contribution in [1.82, 2.24) is 14.8 Å². The van der Waals surface area contributed by atoms with Crippen molar-refractivity contribution < 1.29 is 9.42 Å². The van der Waals surface area contributed by atoms with Crippen LogP contribution in [0.4, 0.5) is 0 Å². The van der Waals surface area contributed by atoms with Crippen LogP contribution in [0.25, 0.3) is 11.0 Å². The number of likely N-dealkylation sites (tertiary alicyclic amines) is 1. The van der Waals surface area contributed by atoms with E-state index in [0.717, 1.165) is 42.5 Å². The van der Waals surface area contributed by atoms with Crippen LogP contribution in [0.15, 0.2) is 24.3 Å². The molecule has 6 heteroatoms. The lowest BCUT2D eigenvalue weighted by Crippen LogP contribution is -2.43. The van der Waals surface area contributed by atoms with Gasteiger partial charge in [-0.05, 0) is 37.8 Å². The molecule has 0 atom stereocenters. The molecule has 0 unspecified atom stereocenters. The van der Waals surface area contributed by atoms with Crippen molar-refractivity contribution in [3.8, 4) is 0 Å². The van der Waals surface area contributed by atoms with E-state index >= 15 is 0 Å². The van der Waals surface area contributed by atoms with Gasteiger partial charge in [-0.15, -0.1) is 4.85 Å². The Morgan fingerprint density at radius 1 is 1.05 bits per heavy atom. The molecular weight excluding hydrogens is 266 g/mol. The summed E-state index contributed by atoms with van der Waals surface area (Å²) in [5.41, 5.74) is 1.52. The van der Waals surface area contributed by atoms with Crippen molar-refractivity contribution in [2.45, 2.75) is 25.7 Å². The van der Waals surface area contributed by atoms with Crippen molar-refractivity contribution in [2.75, 3.05) is 26.2 Å². The van der Waals surface area contributed by atoms with Crippen molar-refractivity contribution in [3.63, 3.8) is 0 Å². The Hall–Kier alpha value is -2.11. The third-order valence-corrected chi connectivity index (χ3v) is 4.45. The molecule has 0 spiro atoms. The van der Waals surface area contributed by atoms with Crippen molar-refractivity contribution in [3.05, 3.63) is 29.5 Å². The summed E-state index contributed by atoms with van der Waals surface area (Å²) in [7, 11) is 0. The van der Waals surface area contributed by atoms with Crippen LogP contribution in [-0.2, 0) is 0 Å². The fraction of sp³-hybridized carbons (Fsp3) is 0.533. The Morgan fingerprint density at radius 3 is 2.52 bits per heavy atom. The van der Waals surface area contributed by atoms with E-state index in [0.29, 0.717) is 5.52 Å². The van der Waals surface area contributed by atoms with Crippen LogP contribution < -0.4 is 4.85 Å². The number of hydrogen-bond donors (Lipinski definition) is 0. The van der Waals surface area contributed by atoms with Crippen LogP contribution in [0.5, 0.6) is 0 Å². The van der Waals surface area contributed by atoms with E-state index in [9.17, 15) is 5.21 Å². The van der Waals surface area contributed by atoms with Gasteiger partial charge in [0.25, 0.3) is 0 Å². The molecule has 0 N–H and O–H groups in total. The Morgan fingerprint density at radius 2 is 1.76 bits per heavy atom. The van der Waals surface area contributed by atoms with Crippen molar-refractivity contribution in [1.29, 1.82) is 0 Å². The van der Waals surface area contributed by atoms with Crippen molar-refractivity contribution in [2.24, 2.45) is 0 Å². The first-order valence-electron chi connectivity index (χ1n) is 7.79. The van der Waals surface area contributed by atoms with E-state index in [-0.39, 0.29) is 0 Å². The predicted molar refractivity (Wildman–Crippen MR) is 79.1 cm³/mol. The van der Waals surface area contributed by atoms with Gasteiger partial charge in [0.2, 0.25) is 0 Å². The minimum absolute atomic E-state index is 0.633. The lowest BCUT2D eigenvalue weighted by Gasteiger charge is -2.15. The summed E-state index contributed by atoms with van der Waals surface area (Å²) < 4.78 is 4.23. The van der Waals surface area contributed by atoms with Gasteiger partial charge in [-0.2, -0.15) is 0 Å². The van der Waals surface area contributed by atoms with Crippen LogP contribution in [0, 0.1) is 5.21 Å². The minimum atomic E-state index is 0.633. The molecule has 6 nitrogen and oxygen atoms in total. The molecule has 3 heterocycles. The number of aromatic nitrogens is 3. The molecular formula is C15H20N5O+. The predicted octanol–water partition coefficient (Wildman–Crippen LogP) is 0.776. The Balaban J connectivity index is 1.91. The number of para-hydroxylation sites is 2. The highest BCUT2D eigenvalue weighted by Gasteiger charge is 2.32. The highest BCUT2D eigenvalue weighted by atomic mass is 16.5. The summed E-state index contributed by atoms with van der Waals surface area (Å²) in [6.45, 7) is 4.22. The number of benzene rings is 1. The largest absolute Gasteiger partial charge is 0.691 e. The molecule has 2 saturated heterocycles. The molecule has 2 aliphatic rings. The second-order valence-electron chi connectivity index (χ2n) is 5.85. The maximum atomic E-state index is 12.1. The molecule has 2 fully saturated rings. The van der Waals surface area contributed by atoms with Gasteiger partial charge < -0.3 is 5.21 Å². The van der Waals surface area contributed by atoms with Crippen LogP contribution in [0.1, 0.15) is 25.7 Å². The zero-order valence-corrected chi connectivity index (χ0v) is 12.1. The summed E-state index contributed by atoms with van der Waals surface area (Å²) >= 11 is 0. The summed E-state index contributed by atoms with van der Waals surface area (Å²) in [5, 5.41) is 16.3. The zero-order chi connectivity index (χ0) is 14.2. The molecule has 110 valence electrons. The van der Waals surface area contributed by atoms with Crippen LogP contribution in [0.3, 0.4) is 0 Å². The van der Waals surface area contributed by atoms with Gasteiger partial charge in [0, 0.05) is 0 Å². The Labute approximate surface area is 123 Å². The molecule has 21 heavy (non-hydrogen) atoms. The number of nitrogens with zero attached hydrogens (tertiary/aromatic N) is 5. The van der Waals surface area contributed by atoms with E-state index in [1.807, 2.05) is 28.9 Å². The molecule has 1 aromatic carbocycles. The molecule has 1 aromatic heterocycles. The molecule has 4 rings (SSSR count). The van der Waals surface area contributed by atoms with E-state index < -0.39 is 0 Å². The third kappa shape index (κ3) is 2.05.